The van der Waals surface area contributed by atoms with E-state index in [1.807, 2.05) is 24.3 Å². The summed E-state index contributed by atoms with van der Waals surface area (Å²) in [5.41, 5.74) is 1.58. The predicted molar refractivity (Wildman–Crippen MR) is 92.4 cm³/mol. The lowest BCUT2D eigenvalue weighted by Gasteiger charge is -2.21. The van der Waals surface area contributed by atoms with E-state index in [9.17, 15) is 4.79 Å². The van der Waals surface area contributed by atoms with Gasteiger partial charge in [0.2, 0.25) is 0 Å². The van der Waals surface area contributed by atoms with Gasteiger partial charge in [0.05, 0.1) is 0 Å². The van der Waals surface area contributed by atoms with Gasteiger partial charge in [-0.05, 0) is 31.0 Å². The first-order valence-electron chi connectivity index (χ1n) is 8.15. The smallest absolute Gasteiger partial charge is 0.271 e. The lowest BCUT2D eigenvalue weighted by Crippen LogP contribution is -2.27. The number of aromatic nitrogens is 2. The van der Waals surface area contributed by atoms with Gasteiger partial charge < -0.3 is 10.2 Å². The maximum Gasteiger partial charge on any atom is 0.271 e. The highest BCUT2D eigenvalue weighted by molar-refractivity contribution is 5.92. The number of hydrogen-bond acceptors (Lipinski definition) is 4. The molecule has 1 N–H and O–H groups in total. The van der Waals surface area contributed by atoms with Crippen LogP contribution in [-0.2, 0) is 6.54 Å². The largest absolute Gasteiger partial charge is 0.351 e. The third kappa shape index (κ3) is 5.06. The quantitative estimate of drug-likeness (QED) is 0.761. The molecule has 1 aromatic carbocycles. The lowest BCUT2D eigenvalue weighted by atomic mass is 10.2. The Morgan fingerprint density at radius 1 is 1.09 bits per heavy atom. The molecular weight excluding hydrogens is 288 g/mol. The molecule has 5 nitrogen and oxygen atoms in total. The van der Waals surface area contributed by atoms with Gasteiger partial charge in [-0.2, -0.15) is 0 Å². The number of unbranched alkanes of at least 4 members (excludes halogenated alkanes) is 1. The summed E-state index contributed by atoms with van der Waals surface area (Å²) in [7, 11) is 0. The molecule has 0 aliphatic carbocycles. The Labute approximate surface area is 137 Å². The molecule has 0 aliphatic rings. The molecule has 23 heavy (non-hydrogen) atoms. The van der Waals surface area contributed by atoms with Crippen molar-refractivity contribution in [2.75, 3.05) is 18.0 Å². The maximum absolute atomic E-state index is 11.9. The van der Waals surface area contributed by atoms with Gasteiger partial charge in [-0.1, -0.05) is 43.7 Å². The number of carbonyl (C=O) groups is 1. The van der Waals surface area contributed by atoms with Crippen molar-refractivity contribution in [2.45, 2.75) is 33.2 Å². The van der Waals surface area contributed by atoms with Crippen molar-refractivity contribution in [1.82, 2.24) is 15.5 Å². The van der Waals surface area contributed by atoms with Crippen molar-refractivity contribution >= 4 is 11.7 Å². The Morgan fingerprint density at radius 3 is 2.48 bits per heavy atom. The van der Waals surface area contributed by atoms with Crippen molar-refractivity contribution in [3.8, 4) is 0 Å². The summed E-state index contributed by atoms with van der Waals surface area (Å²) in [5, 5.41) is 11.1. The highest BCUT2D eigenvalue weighted by atomic mass is 16.1. The zero-order valence-electron chi connectivity index (χ0n) is 13.8. The fourth-order valence-electron chi connectivity index (χ4n) is 2.24. The van der Waals surface area contributed by atoms with Crippen LogP contribution in [0.15, 0.2) is 42.5 Å². The molecule has 0 radical (unpaired) electrons. The van der Waals surface area contributed by atoms with Crippen LogP contribution in [0.25, 0.3) is 0 Å². The molecule has 0 fully saturated rings. The molecule has 1 aromatic heterocycles. The summed E-state index contributed by atoms with van der Waals surface area (Å²) >= 11 is 0. The summed E-state index contributed by atoms with van der Waals surface area (Å²) in [6.45, 7) is 6.44. The SMILES string of the molecule is CCCCNC(=O)c1ccc(N(CC)Cc2ccccc2)nn1. The van der Waals surface area contributed by atoms with Crippen LogP contribution in [-0.4, -0.2) is 29.2 Å². The first kappa shape index (κ1) is 16.9. The molecule has 122 valence electrons. The first-order chi connectivity index (χ1) is 11.2. The zero-order valence-corrected chi connectivity index (χ0v) is 13.8. The van der Waals surface area contributed by atoms with Crippen LogP contribution < -0.4 is 10.2 Å². The standard InChI is InChI=1S/C18H24N4O/c1-3-5-13-19-18(23)16-11-12-17(21-20-16)22(4-2)14-15-9-7-6-8-10-15/h6-12H,3-5,13-14H2,1-2H3,(H,19,23). The molecule has 5 heteroatoms. The second-order valence-corrected chi connectivity index (χ2v) is 5.39. The van der Waals surface area contributed by atoms with E-state index in [1.54, 1.807) is 6.07 Å². The van der Waals surface area contributed by atoms with Crippen LogP contribution in [0.1, 0.15) is 42.7 Å². The molecule has 0 bridgehead atoms. The molecule has 0 spiro atoms. The van der Waals surface area contributed by atoms with Crippen molar-refractivity contribution in [2.24, 2.45) is 0 Å². The number of benzene rings is 1. The molecule has 0 saturated carbocycles. The van der Waals surface area contributed by atoms with E-state index in [0.29, 0.717) is 12.2 Å². The Kier molecular flexibility index (Phi) is 6.54. The summed E-state index contributed by atoms with van der Waals surface area (Å²) in [6.07, 6.45) is 2.02. The van der Waals surface area contributed by atoms with Gasteiger partial charge in [-0.3, -0.25) is 4.79 Å². The van der Waals surface area contributed by atoms with E-state index in [0.717, 1.165) is 31.7 Å². The Hall–Kier alpha value is -2.43. The molecule has 0 atom stereocenters. The van der Waals surface area contributed by atoms with Crippen molar-refractivity contribution in [3.05, 3.63) is 53.7 Å². The average molecular weight is 312 g/mol. The summed E-state index contributed by atoms with van der Waals surface area (Å²) < 4.78 is 0. The highest BCUT2D eigenvalue weighted by Crippen LogP contribution is 2.13. The van der Waals surface area contributed by atoms with Crippen LogP contribution in [0.3, 0.4) is 0 Å². The minimum atomic E-state index is -0.163. The second-order valence-electron chi connectivity index (χ2n) is 5.39. The molecule has 0 unspecified atom stereocenters. The summed E-state index contributed by atoms with van der Waals surface area (Å²) in [5.74, 6) is 0.616. The monoisotopic (exact) mass is 312 g/mol. The summed E-state index contributed by atoms with van der Waals surface area (Å²) in [6, 6.07) is 13.8. The maximum atomic E-state index is 11.9. The molecular formula is C18H24N4O. The molecule has 2 aromatic rings. The minimum absolute atomic E-state index is 0.163. The predicted octanol–water partition coefficient (Wildman–Crippen LogP) is 3.03. The van der Waals surface area contributed by atoms with E-state index in [1.165, 1.54) is 5.56 Å². The van der Waals surface area contributed by atoms with Gasteiger partial charge in [-0.15, -0.1) is 10.2 Å². The van der Waals surface area contributed by atoms with Gasteiger partial charge in [0.25, 0.3) is 5.91 Å². The van der Waals surface area contributed by atoms with Gasteiger partial charge >= 0.3 is 0 Å². The van der Waals surface area contributed by atoms with Gasteiger partial charge in [0.15, 0.2) is 11.5 Å². The number of nitrogens with zero attached hydrogens (tertiary/aromatic N) is 3. The van der Waals surface area contributed by atoms with Crippen LogP contribution in [0.5, 0.6) is 0 Å². The van der Waals surface area contributed by atoms with Crippen LogP contribution in [0.4, 0.5) is 5.82 Å². The first-order valence-corrected chi connectivity index (χ1v) is 8.15. The lowest BCUT2D eigenvalue weighted by molar-refractivity contribution is 0.0947. The van der Waals surface area contributed by atoms with Gasteiger partial charge in [0, 0.05) is 19.6 Å². The molecule has 2 rings (SSSR count). The van der Waals surface area contributed by atoms with Gasteiger partial charge in [0.1, 0.15) is 0 Å². The normalized spacial score (nSPS) is 10.3. The number of nitrogens with one attached hydrogen (secondary N) is 1. The number of hydrogen-bond donors (Lipinski definition) is 1. The Bertz CT molecular complexity index is 598. The van der Waals surface area contributed by atoms with E-state index in [4.69, 9.17) is 0 Å². The number of amides is 1. The fourth-order valence-corrected chi connectivity index (χ4v) is 2.24. The Morgan fingerprint density at radius 2 is 1.87 bits per heavy atom. The third-order valence-corrected chi connectivity index (χ3v) is 3.62. The van der Waals surface area contributed by atoms with Crippen LogP contribution in [0, 0.1) is 0 Å². The number of rotatable bonds is 8. The second kappa shape index (κ2) is 8.88. The average Bonchev–Trinajstić information content (AvgIpc) is 2.61. The van der Waals surface area contributed by atoms with Crippen LogP contribution in [0.2, 0.25) is 0 Å². The van der Waals surface area contributed by atoms with Gasteiger partial charge in [-0.25, -0.2) is 0 Å². The third-order valence-electron chi connectivity index (χ3n) is 3.62. The van der Waals surface area contributed by atoms with Crippen molar-refractivity contribution < 1.29 is 4.79 Å². The van der Waals surface area contributed by atoms with E-state index < -0.39 is 0 Å². The summed E-state index contributed by atoms with van der Waals surface area (Å²) in [4.78, 5) is 14.1. The molecule has 1 amide bonds. The van der Waals surface area contributed by atoms with Crippen LogP contribution >= 0.6 is 0 Å². The highest BCUT2D eigenvalue weighted by Gasteiger charge is 2.11. The molecule has 1 heterocycles. The Balaban J connectivity index is 2.00. The van der Waals surface area contributed by atoms with E-state index in [2.05, 4.69) is 46.4 Å². The topological polar surface area (TPSA) is 58.1 Å². The van der Waals surface area contributed by atoms with Crippen molar-refractivity contribution in [3.63, 3.8) is 0 Å². The van der Waals surface area contributed by atoms with E-state index >= 15 is 0 Å². The van der Waals surface area contributed by atoms with Crippen molar-refractivity contribution in [1.29, 1.82) is 0 Å². The molecule has 0 saturated heterocycles. The number of anilines is 1. The molecule has 0 aliphatic heterocycles. The fraction of sp³-hybridized carbons (Fsp3) is 0.389. The zero-order chi connectivity index (χ0) is 16.5. The van der Waals surface area contributed by atoms with E-state index in [-0.39, 0.29) is 5.91 Å². The number of carbonyl (C=O) groups excluding carboxylic acids is 1. The minimum Gasteiger partial charge on any atom is -0.351 e.